The molecule has 2 N–H and O–H groups in total. The molecule has 98 heavy (non-hydrogen) atoms. The Labute approximate surface area is 643 Å². The molecule has 5 aromatic heterocycles. The first kappa shape index (κ1) is 74.9. The van der Waals surface area contributed by atoms with Gasteiger partial charge in [0.05, 0.1) is 41.5 Å². The van der Waals surface area contributed by atoms with Crippen LogP contribution < -0.4 is 0 Å². The van der Waals surface area contributed by atoms with Gasteiger partial charge in [-0.05, 0) is 159 Å². The number of nitrogens with zero attached hydrogens (tertiary/aromatic N) is 9. The molecule has 14 nitrogen and oxygen atoms in total. The number of thiophene rings is 2. The van der Waals surface area contributed by atoms with Gasteiger partial charge >= 0.3 is 0 Å². The van der Waals surface area contributed by atoms with Gasteiger partial charge in [0.1, 0.15) is 18.0 Å². The lowest BCUT2D eigenvalue weighted by Gasteiger charge is -2.09. The van der Waals surface area contributed by atoms with Crippen LogP contribution in [-0.4, -0.2) is 112 Å². The van der Waals surface area contributed by atoms with E-state index in [1.165, 1.54) is 72.7 Å². The highest BCUT2D eigenvalue weighted by molar-refractivity contribution is 9.10. The minimum Gasteiger partial charge on any atom is -0.493 e. The number of hydrogen-bond donors (Lipinski definition) is 2. The third kappa shape index (κ3) is 16.7. The summed E-state index contributed by atoms with van der Waals surface area (Å²) in [6, 6.07) is 28.3. The number of aromatic hydroxyl groups is 2. The molecule has 0 aliphatic carbocycles. The van der Waals surface area contributed by atoms with Gasteiger partial charge in [-0.1, -0.05) is 165 Å². The standard InChI is InChI=1S/C14H11BrN2OS2.C14H10BrNOS3.C14H12N2OS2.C14H11NOS3.C12H11N3OS3.CH4/c1-2-17-13(18)12(20-14(17)19)5-8-7-16-11-4-3-9(15)6-10(8)11;1-2-16-13(17)12(20-14(16)18)5-8-7-19-11-4-3-9(15)6-10(8)11;1-2-16-13(17)12(19-14(16)18)7-9-8-15-11-6-4-3-5-10(9)11;1-2-15-13(16)12(19-14(15)17)7-9-8-18-11-6-4-3-5-10(9)11;1-2-15-11(16)9(19-12(15)17)6-7-5-8-10(18-7)14-4-3-13-8;/h3-7,18H,2H2,1H3;3-7H,2H2,1H3;3-8,17H,2H2,1H3;3-8H,2H2,1H3;3-4,6-7H,2,5H2,1H3;1H4/b;12-5-;;12-7-;9-6-;. The first-order valence-electron chi connectivity index (χ1n) is 29.9. The second-order valence-electron chi connectivity index (χ2n) is 21.0. The Balaban J connectivity index is 0.000000132. The number of rotatable bonds is 10. The van der Waals surface area contributed by atoms with Gasteiger partial charge < -0.3 is 10.2 Å². The molecule has 11 heterocycles. The Morgan fingerprint density at radius 1 is 0.551 bits per heavy atom. The van der Waals surface area contributed by atoms with Crippen molar-refractivity contribution in [1.82, 2.24) is 33.8 Å². The van der Waals surface area contributed by atoms with Crippen LogP contribution in [0.1, 0.15) is 79.7 Å². The number of hydrogen-bond acceptors (Lipinski definition) is 22. The number of aliphatic imine (C=N–C) groups is 2. The number of carbonyl (C=O) groups excluding carboxylic acids is 3. The third-order valence-corrected chi connectivity index (χ3v) is 26.2. The van der Waals surface area contributed by atoms with Crippen LogP contribution in [0.5, 0.6) is 11.8 Å². The number of likely N-dealkylation sites (N-methyl/N-ethyl adjacent to an activating group) is 3. The highest BCUT2D eigenvalue weighted by Crippen LogP contribution is 2.43. The van der Waals surface area contributed by atoms with E-state index in [4.69, 9.17) is 61.1 Å². The first-order chi connectivity index (χ1) is 46.8. The Morgan fingerprint density at radius 3 is 1.58 bits per heavy atom. The molecule has 502 valence electrons. The van der Waals surface area contributed by atoms with Crippen molar-refractivity contribution in [2.24, 2.45) is 9.98 Å². The molecule has 6 aliphatic heterocycles. The number of carbonyl (C=O) groups is 3. The fraction of sp³-hybridized carbons (Fsp3) is 0.188. The Kier molecular flexibility index (Phi) is 25.9. The normalized spacial score (nSPS) is 17.8. The number of benzene rings is 4. The second-order valence-corrected chi connectivity index (χ2v) is 34.2. The zero-order valence-corrected chi connectivity index (χ0v) is 65.7. The summed E-state index contributed by atoms with van der Waals surface area (Å²) in [5.41, 5.74) is 9.22. The maximum absolute atomic E-state index is 12.2. The number of para-hydroxylation sites is 1. The third-order valence-electron chi connectivity index (χ3n) is 15.1. The summed E-state index contributed by atoms with van der Waals surface area (Å²) in [5, 5.41) is 28.0. The van der Waals surface area contributed by atoms with Crippen molar-refractivity contribution >= 4 is 295 Å². The molecule has 3 fully saturated rings. The van der Waals surface area contributed by atoms with Gasteiger partial charge in [-0.3, -0.25) is 53.2 Å². The zero-order valence-electron chi connectivity index (χ0n) is 52.0. The molecule has 0 radical (unpaired) electrons. The smallest absolute Gasteiger partial charge is 0.266 e. The number of thiocarbonyl (C=S) groups is 3. The Bertz CT molecular complexity index is 5010. The maximum Gasteiger partial charge on any atom is 0.266 e. The number of allylic oxidation sites excluding steroid dienone is 2. The monoisotopic (exact) mass is 1670 g/mol. The fourth-order valence-corrected chi connectivity index (χ4v) is 21.0. The van der Waals surface area contributed by atoms with Crippen molar-refractivity contribution < 1.29 is 24.6 Å². The van der Waals surface area contributed by atoms with Crippen LogP contribution in [0.15, 0.2) is 153 Å². The Morgan fingerprint density at radius 2 is 1.03 bits per heavy atom. The number of fused-ring (bicyclic) bond motifs is 5. The maximum atomic E-state index is 12.2. The van der Waals surface area contributed by atoms with Gasteiger partial charge in [-0.2, -0.15) is 0 Å². The SMILES string of the molecule is C.CCN1C(=O)/C(=C/C2Cc3nccnc3S2)SC1=S.CCN1C(=O)/C(=C/c2csc3ccc(Br)cc23)SC1=S.CCN1C(=O)/C(=C/c2csc3ccccc23)SC1=S.CCn1c(O)c(C=C2C=Nc3ccc(Br)cc32)sc1=S.CCn1c(O)c(C=C2C=Nc3ccccc32)sc1=S. The molecule has 15 rings (SSSR count). The van der Waals surface area contributed by atoms with Gasteiger partial charge in [0.2, 0.25) is 11.8 Å². The van der Waals surface area contributed by atoms with E-state index in [1.807, 2.05) is 138 Å². The molecule has 3 saturated heterocycles. The molecule has 1 atom stereocenters. The van der Waals surface area contributed by atoms with Crippen LogP contribution in [0.25, 0.3) is 55.6 Å². The van der Waals surface area contributed by atoms with Gasteiger partial charge in [-0.15, -0.1) is 45.3 Å². The number of aromatic nitrogens is 4. The van der Waals surface area contributed by atoms with Gasteiger partial charge in [0.15, 0.2) is 7.91 Å². The molecule has 29 heteroatoms. The number of thioether (sulfide) groups is 4. The molecule has 6 aliphatic rings. The van der Waals surface area contributed by atoms with Crippen molar-refractivity contribution in [3.8, 4) is 11.8 Å². The lowest BCUT2D eigenvalue weighted by molar-refractivity contribution is -0.122. The predicted molar refractivity (Wildman–Crippen MR) is 444 cm³/mol. The first-order valence-corrected chi connectivity index (χ1v) is 40.3. The number of thiazole rings is 2. The lowest BCUT2D eigenvalue weighted by atomic mass is 10.1. The van der Waals surface area contributed by atoms with Crippen molar-refractivity contribution in [1.29, 1.82) is 0 Å². The average Bonchev–Trinajstić information content (AvgIpc) is 1.67. The summed E-state index contributed by atoms with van der Waals surface area (Å²) < 4.78 is 11.3. The largest absolute Gasteiger partial charge is 0.493 e. The van der Waals surface area contributed by atoms with Crippen LogP contribution in [0.2, 0.25) is 0 Å². The van der Waals surface area contributed by atoms with Crippen LogP contribution in [0, 0.1) is 7.91 Å². The minimum absolute atomic E-state index is 0. The van der Waals surface area contributed by atoms with E-state index in [9.17, 15) is 24.6 Å². The molecule has 1 unspecified atom stereocenters. The summed E-state index contributed by atoms with van der Waals surface area (Å²) in [5.74, 6) is 0.522. The second kappa shape index (κ2) is 33.8. The van der Waals surface area contributed by atoms with E-state index in [-0.39, 0.29) is 42.2 Å². The molecule has 9 aromatic rings. The molecule has 4 aromatic carbocycles. The minimum atomic E-state index is 0. The molecule has 0 spiro atoms. The van der Waals surface area contributed by atoms with Crippen molar-refractivity contribution in [3.63, 3.8) is 0 Å². The molecule has 0 bridgehead atoms. The summed E-state index contributed by atoms with van der Waals surface area (Å²) >= 11 is 45.1. The van der Waals surface area contributed by atoms with E-state index in [0.717, 1.165) is 95.8 Å². The van der Waals surface area contributed by atoms with Crippen LogP contribution in [-0.2, 0) is 33.9 Å². The quantitative estimate of drug-likeness (QED) is 0.0982. The van der Waals surface area contributed by atoms with Crippen LogP contribution >= 0.6 is 185 Å². The average molecular weight is 1670 g/mol. The Hall–Kier alpha value is -5.74. The lowest BCUT2D eigenvalue weighted by Crippen LogP contribution is -2.27. The molecular formula is C69H59Br2N9O5S13. The van der Waals surface area contributed by atoms with Crippen molar-refractivity contribution in [3.05, 3.63) is 183 Å². The highest BCUT2D eigenvalue weighted by atomic mass is 79.9. The van der Waals surface area contributed by atoms with Gasteiger partial charge in [0.25, 0.3) is 17.7 Å². The van der Waals surface area contributed by atoms with Crippen molar-refractivity contribution in [2.75, 3.05) is 19.6 Å². The van der Waals surface area contributed by atoms with Gasteiger partial charge in [0, 0.05) is 115 Å². The number of amides is 3. The van der Waals surface area contributed by atoms with E-state index in [2.05, 4.69) is 86.8 Å². The van der Waals surface area contributed by atoms with E-state index in [0.29, 0.717) is 58.5 Å². The predicted octanol–water partition coefficient (Wildman–Crippen LogP) is 21.2. The van der Waals surface area contributed by atoms with Crippen LogP contribution in [0.3, 0.4) is 0 Å². The highest BCUT2D eigenvalue weighted by Gasteiger charge is 2.34. The van der Waals surface area contributed by atoms with E-state index >= 15 is 0 Å². The summed E-state index contributed by atoms with van der Waals surface area (Å²) in [6.45, 7) is 13.0. The van der Waals surface area contributed by atoms with Crippen LogP contribution in [0.4, 0.5) is 11.4 Å². The summed E-state index contributed by atoms with van der Waals surface area (Å²) in [7, 11) is 0. The zero-order chi connectivity index (χ0) is 68.8. The topological polar surface area (TPSA) is 162 Å². The van der Waals surface area contributed by atoms with E-state index < -0.39 is 0 Å². The van der Waals surface area contributed by atoms with E-state index in [1.54, 1.807) is 70.7 Å². The summed E-state index contributed by atoms with van der Waals surface area (Å²) in [4.78, 5) is 62.4. The molecule has 3 amide bonds. The number of halogens is 2. The van der Waals surface area contributed by atoms with Gasteiger partial charge in [-0.25, -0.2) is 4.98 Å². The fourth-order valence-electron chi connectivity index (χ4n) is 10.3. The molecule has 0 saturated carbocycles. The molecular weight excluding hydrogens is 1610 g/mol. The van der Waals surface area contributed by atoms with Crippen molar-refractivity contribution in [2.45, 2.75) is 71.8 Å². The summed E-state index contributed by atoms with van der Waals surface area (Å²) in [6.07, 6.45) is 17.6.